The van der Waals surface area contributed by atoms with Crippen molar-refractivity contribution < 1.29 is 9.90 Å². The van der Waals surface area contributed by atoms with E-state index in [2.05, 4.69) is 15.5 Å². The first-order valence-corrected chi connectivity index (χ1v) is 15.9. The van der Waals surface area contributed by atoms with Crippen molar-refractivity contribution in [3.05, 3.63) is 74.0 Å². The molecule has 39 heavy (non-hydrogen) atoms. The fourth-order valence-corrected chi connectivity index (χ4v) is 7.56. The Labute approximate surface area is 244 Å². The molecule has 0 saturated carbocycles. The van der Waals surface area contributed by atoms with Crippen molar-refractivity contribution in [1.82, 2.24) is 20.1 Å². The summed E-state index contributed by atoms with van der Waals surface area (Å²) in [5, 5.41) is 20.2. The van der Waals surface area contributed by atoms with Crippen molar-refractivity contribution in [2.75, 3.05) is 25.9 Å². The zero-order valence-corrected chi connectivity index (χ0v) is 25.1. The summed E-state index contributed by atoms with van der Waals surface area (Å²) in [6.07, 6.45) is 9.08. The number of amides is 1. The summed E-state index contributed by atoms with van der Waals surface area (Å²) in [7, 11) is 3.79. The Hall–Kier alpha value is -1.91. The minimum atomic E-state index is -0.348. The maximum Gasteiger partial charge on any atom is 0.257 e. The molecule has 212 valence electrons. The van der Waals surface area contributed by atoms with Gasteiger partial charge in [-0.05, 0) is 68.2 Å². The highest BCUT2D eigenvalue weighted by atomic mass is 35.5. The molecule has 0 aliphatic carbocycles. The molecule has 2 aromatic rings. The minimum Gasteiger partial charge on any atom is -0.394 e. The lowest BCUT2D eigenvalue weighted by Gasteiger charge is -2.32. The third kappa shape index (κ3) is 8.30. The first-order chi connectivity index (χ1) is 18.9. The molecule has 2 aliphatic heterocycles. The number of rotatable bonds is 12. The average molecular weight is 591 g/mol. The van der Waals surface area contributed by atoms with Crippen LogP contribution in [0.1, 0.15) is 53.6 Å². The summed E-state index contributed by atoms with van der Waals surface area (Å²) < 4.78 is 1.95. The van der Waals surface area contributed by atoms with Crippen LogP contribution in [0.4, 0.5) is 0 Å². The lowest BCUT2D eigenvalue weighted by atomic mass is 10.0. The first-order valence-electron chi connectivity index (χ1n) is 13.6. The Morgan fingerprint density at radius 1 is 1.31 bits per heavy atom. The maximum atomic E-state index is 13.3. The van der Waals surface area contributed by atoms with Gasteiger partial charge in [-0.15, -0.1) is 23.5 Å². The number of carbonyl (C=O) groups is 1. The Morgan fingerprint density at radius 3 is 2.87 bits per heavy atom. The molecule has 3 heterocycles. The summed E-state index contributed by atoms with van der Waals surface area (Å²) in [5.74, 6) is 0.369. The van der Waals surface area contributed by atoms with Crippen molar-refractivity contribution in [2.24, 2.45) is 7.05 Å². The Morgan fingerprint density at radius 2 is 2.10 bits per heavy atom. The van der Waals surface area contributed by atoms with Gasteiger partial charge in [-0.1, -0.05) is 23.7 Å². The van der Waals surface area contributed by atoms with E-state index >= 15 is 0 Å². The predicted molar refractivity (Wildman–Crippen MR) is 163 cm³/mol. The van der Waals surface area contributed by atoms with E-state index in [0.29, 0.717) is 29.3 Å². The molecule has 2 aliphatic rings. The van der Waals surface area contributed by atoms with Gasteiger partial charge in [0.05, 0.1) is 11.1 Å². The highest BCUT2D eigenvalue weighted by Crippen LogP contribution is 2.36. The quantitative estimate of drug-likeness (QED) is 0.338. The largest absolute Gasteiger partial charge is 0.394 e. The highest BCUT2D eigenvalue weighted by molar-refractivity contribution is 8.02. The standard InChI is InChI=1S/C29H39ClN4O3S2/c1-31-13-15-38-19-23(35)10-9-22-4-3-14-34(22)17-24-11-12-25-27(36)26(18-33(2)29(25)39-24)28(37)32-16-20-5-7-21(30)8-6-20/h5-8,13,15,18,22-24,31,35H,3-4,9-12,14,16-17,19H2,1-2H3,(H,32,37)/b15-13-. The van der Waals surface area contributed by atoms with E-state index in [1.54, 1.807) is 41.9 Å². The van der Waals surface area contributed by atoms with E-state index < -0.39 is 0 Å². The van der Waals surface area contributed by atoms with Crippen molar-refractivity contribution in [2.45, 2.75) is 67.5 Å². The number of benzene rings is 1. The summed E-state index contributed by atoms with van der Waals surface area (Å²) in [6.45, 7) is 2.42. The Balaban J connectivity index is 1.32. The topological polar surface area (TPSA) is 86.6 Å². The van der Waals surface area contributed by atoms with Gasteiger partial charge < -0.3 is 20.3 Å². The van der Waals surface area contributed by atoms with Crippen LogP contribution in [0, 0.1) is 0 Å². The second kappa shape index (κ2) is 14.6. The number of aliphatic hydroxyl groups is 1. The van der Waals surface area contributed by atoms with Gasteiger partial charge in [0.1, 0.15) is 5.56 Å². The lowest BCUT2D eigenvalue weighted by Crippen LogP contribution is -2.38. The van der Waals surface area contributed by atoms with Crippen LogP contribution in [0.25, 0.3) is 0 Å². The lowest BCUT2D eigenvalue weighted by molar-refractivity contribution is 0.0948. The number of hydrogen-bond donors (Lipinski definition) is 3. The summed E-state index contributed by atoms with van der Waals surface area (Å²) in [6, 6.07) is 7.80. The van der Waals surface area contributed by atoms with Crippen LogP contribution in [0.15, 0.2) is 51.9 Å². The van der Waals surface area contributed by atoms with E-state index in [0.717, 1.165) is 54.3 Å². The number of halogens is 1. The molecule has 1 fully saturated rings. The van der Waals surface area contributed by atoms with Crippen molar-refractivity contribution in [3.8, 4) is 0 Å². The second-order valence-corrected chi connectivity index (χ2v) is 13.0. The van der Waals surface area contributed by atoms with E-state index in [9.17, 15) is 14.7 Å². The number of pyridine rings is 1. The van der Waals surface area contributed by atoms with Gasteiger partial charge in [0.25, 0.3) is 5.91 Å². The summed E-state index contributed by atoms with van der Waals surface area (Å²) >= 11 is 9.34. The molecule has 3 atom stereocenters. The fourth-order valence-electron chi connectivity index (χ4n) is 5.33. The van der Waals surface area contributed by atoms with Crippen molar-refractivity contribution >= 4 is 41.0 Å². The number of carbonyl (C=O) groups excluding carboxylic acids is 1. The number of likely N-dealkylation sites (tertiary alicyclic amines) is 1. The number of fused-ring (bicyclic) bond motifs is 1. The van der Waals surface area contributed by atoms with Gasteiger partial charge >= 0.3 is 0 Å². The monoisotopic (exact) mass is 590 g/mol. The van der Waals surface area contributed by atoms with Crippen LogP contribution >= 0.6 is 35.1 Å². The SMILES string of the molecule is CN/C=C\SCC(O)CCC1CCCN1CC1CCc2c(n(C)cc(C(=O)NCc3ccc(Cl)cc3)c2=O)S1. The molecule has 3 N–H and O–H groups in total. The molecule has 1 amide bonds. The molecule has 0 bridgehead atoms. The smallest absolute Gasteiger partial charge is 0.257 e. The van der Waals surface area contributed by atoms with Crippen LogP contribution in [0.3, 0.4) is 0 Å². The molecular weight excluding hydrogens is 552 g/mol. The van der Waals surface area contributed by atoms with E-state index in [-0.39, 0.29) is 23.0 Å². The number of hydrogen-bond acceptors (Lipinski definition) is 7. The molecule has 0 radical (unpaired) electrons. The molecule has 1 aromatic carbocycles. The van der Waals surface area contributed by atoms with E-state index in [1.807, 2.05) is 42.4 Å². The summed E-state index contributed by atoms with van der Waals surface area (Å²) in [4.78, 5) is 28.7. The molecule has 7 nitrogen and oxygen atoms in total. The number of nitrogens with zero attached hydrogens (tertiary/aromatic N) is 2. The zero-order chi connectivity index (χ0) is 27.8. The van der Waals surface area contributed by atoms with Gasteiger partial charge in [-0.3, -0.25) is 14.5 Å². The molecule has 1 saturated heterocycles. The van der Waals surface area contributed by atoms with Crippen LogP contribution < -0.4 is 16.1 Å². The zero-order valence-electron chi connectivity index (χ0n) is 22.7. The number of aliphatic hydroxyl groups excluding tert-OH is 1. The average Bonchev–Trinajstić information content (AvgIpc) is 3.38. The highest BCUT2D eigenvalue weighted by Gasteiger charge is 2.31. The van der Waals surface area contributed by atoms with Gasteiger partial charge in [-0.25, -0.2) is 0 Å². The molecule has 4 rings (SSSR count). The number of aromatic nitrogens is 1. The van der Waals surface area contributed by atoms with Crippen LogP contribution in [0.5, 0.6) is 0 Å². The van der Waals surface area contributed by atoms with Crippen LogP contribution in [-0.4, -0.2) is 63.8 Å². The van der Waals surface area contributed by atoms with Gasteiger partial charge in [0, 0.05) is 67.2 Å². The maximum absolute atomic E-state index is 13.3. The normalized spacial score (nSPS) is 20.2. The Bertz CT molecular complexity index is 1200. The van der Waals surface area contributed by atoms with E-state index in [1.165, 1.54) is 12.8 Å². The van der Waals surface area contributed by atoms with Crippen molar-refractivity contribution in [1.29, 1.82) is 0 Å². The molecule has 0 spiro atoms. The van der Waals surface area contributed by atoms with E-state index in [4.69, 9.17) is 11.6 Å². The van der Waals surface area contributed by atoms with Gasteiger partial charge in [0.15, 0.2) is 5.43 Å². The number of aryl methyl sites for hydroxylation is 1. The van der Waals surface area contributed by atoms with Crippen molar-refractivity contribution in [3.63, 3.8) is 0 Å². The minimum absolute atomic E-state index is 0.155. The molecule has 1 aromatic heterocycles. The third-order valence-corrected chi connectivity index (χ3v) is 10.0. The number of thioether (sulfide) groups is 2. The Kier molecular flexibility index (Phi) is 11.3. The van der Waals surface area contributed by atoms with Crippen LogP contribution in [0.2, 0.25) is 5.02 Å². The van der Waals surface area contributed by atoms with Gasteiger partial charge in [0.2, 0.25) is 0 Å². The number of nitrogens with one attached hydrogen (secondary N) is 2. The van der Waals surface area contributed by atoms with Gasteiger partial charge in [-0.2, -0.15) is 0 Å². The third-order valence-electron chi connectivity index (χ3n) is 7.42. The molecule has 10 heteroatoms. The van der Waals surface area contributed by atoms with Crippen LogP contribution in [-0.2, 0) is 20.0 Å². The predicted octanol–water partition coefficient (Wildman–Crippen LogP) is 4.40. The summed E-state index contributed by atoms with van der Waals surface area (Å²) in [5.41, 5.74) is 1.72. The molecular formula is C29H39ClN4O3S2. The first kappa shape index (κ1) is 30.1. The molecule has 3 unspecified atom stereocenters. The fraction of sp³-hybridized carbons (Fsp3) is 0.517. The second-order valence-electron chi connectivity index (χ2n) is 10.3.